The first-order chi connectivity index (χ1) is 29.5. The number of nitrogens with zero attached hydrogens (tertiary/aromatic N) is 4. The van der Waals surface area contributed by atoms with Crippen LogP contribution in [0, 0.1) is 0 Å². The number of hydrogen-bond acceptors (Lipinski definition) is 10. The molecule has 0 bridgehead atoms. The van der Waals surface area contributed by atoms with Crippen molar-refractivity contribution < 1.29 is 63.3 Å². The van der Waals surface area contributed by atoms with Crippen molar-refractivity contribution in [3.05, 3.63) is 48.5 Å². The lowest BCUT2D eigenvalue weighted by atomic mass is 9.90. The van der Waals surface area contributed by atoms with Gasteiger partial charge in [-0.3, -0.25) is 14.6 Å². The summed E-state index contributed by atoms with van der Waals surface area (Å²) in [4.78, 5) is 29.9. The molecule has 0 aromatic heterocycles. The molecule has 0 unspecified atom stereocenters. The van der Waals surface area contributed by atoms with E-state index in [0.29, 0.717) is 29.6 Å². The molecule has 2 aliphatic carbocycles. The van der Waals surface area contributed by atoms with Crippen LogP contribution in [-0.4, -0.2) is 136 Å². The molecule has 0 radical (unpaired) electrons. The number of halogens is 9. The van der Waals surface area contributed by atoms with E-state index >= 15 is 0 Å². The number of para-hydroxylation sites is 4. The normalized spacial score (nSPS) is 23.0. The fourth-order valence-electron chi connectivity index (χ4n) is 8.18. The van der Waals surface area contributed by atoms with Gasteiger partial charge in [-0.2, -0.15) is 39.5 Å². The molecule has 2 saturated carbocycles. The van der Waals surface area contributed by atoms with Gasteiger partial charge < -0.3 is 35.1 Å². The highest BCUT2D eigenvalue weighted by atomic mass is 19.4. The van der Waals surface area contributed by atoms with Crippen molar-refractivity contribution in [1.29, 1.82) is 0 Å². The molecule has 0 spiro atoms. The van der Waals surface area contributed by atoms with Crippen molar-refractivity contribution in [2.24, 2.45) is 5.73 Å². The highest BCUT2D eigenvalue weighted by Gasteiger charge is 2.33. The summed E-state index contributed by atoms with van der Waals surface area (Å²) in [5, 5.41) is 2.97. The van der Waals surface area contributed by atoms with Gasteiger partial charge in [0.2, 0.25) is 6.29 Å². The Kier molecular flexibility index (Phi) is 18.9. The van der Waals surface area contributed by atoms with Gasteiger partial charge >= 0.3 is 24.6 Å². The van der Waals surface area contributed by atoms with E-state index in [4.69, 9.17) is 24.7 Å². The Hall–Kier alpha value is -4.17. The minimum atomic E-state index is -4.64. The number of benzene rings is 2. The van der Waals surface area contributed by atoms with Crippen molar-refractivity contribution in [2.75, 3.05) is 75.4 Å². The highest BCUT2D eigenvalue weighted by molar-refractivity contribution is 5.68. The van der Waals surface area contributed by atoms with Crippen LogP contribution in [0.15, 0.2) is 48.5 Å². The van der Waals surface area contributed by atoms with E-state index in [0.717, 1.165) is 109 Å². The summed E-state index contributed by atoms with van der Waals surface area (Å²) < 4.78 is 122. The van der Waals surface area contributed by atoms with E-state index in [1.807, 2.05) is 45.0 Å². The van der Waals surface area contributed by atoms with Gasteiger partial charge in [-0.05, 0) is 96.4 Å². The first kappa shape index (κ1) is 51.5. The van der Waals surface area contributed by atoms with Crippen LogP contribution in [0.2, 0.25) is 0 Å². The molecule has 2 aromatic rings. The average molecular weight is 913 g/mol. The van der Waals surface area contributed by atoms with Crippen LogP contribution < -0.4 is 30.3 Å². The Balaban J connectivity index is 0.000000250. The lowest BCUT2D eigenvalue weighted by Gasteiger charge is -2.43. The van der Waals surface area contributed by atoms with Gasteiger partial charge in [0.1, 0.15) is 17.1 Å². The van der Waals surface area contributed by atoms with Crippen LogP contribution in [0.3, 0.4) is 0 Å². The second kappa shape index (κ2) is 23.1. The highest BCUT2D eigenvalue weighted by Crippen LogP contribution is 2.34. The number of alkyl halides is 9. The average Bonchev–Trinajstić information content (AvgIpc) is 3.22. The number of anilines is 2. The Morgan fingerprint density at radius 2 is 1.00 bits per heavy atom. The number of hydrogen-bond donors (Lipinski definition) is 2. The van der Waals surface area contributed by atoms with Crippen LogP contribution in [0.1, 0.15) is 72.1 Å². The third kappa shape index (κ3) is 18.8. The molecule has 356 valence electrons. The number of amides is 1. The molecule has 2 aromatic carbocycles. The topological polar surface area (TPSA) is 113 Å². The van der Waals surface area contributed by atoms with Crippen molar-refractivity contribution in [1.82, 2.24) is 15.1 Å². The summed E-state index contributed by atoms with van der Waals surface area (Å²) in [5.74, 6) is 0.573. The molecule has 3 N–H and O–H groups in total. The minimum absolute atomic E-state index is 0.139. The van der Waals surface area contributed by atoms with Crippen molar-refractivity contribution in [3.63, 3.8) is 0 Å². The lowest BCUT2D eigenvalue weighted by molar-refractivity contribution is -0.156. The van der Waals surface area contributed by atoms with Gasteiger partial charge in [0.25, 0.3) is 0 Å². The predicted molar refractivity (Wildman–Crippen MR) is 221 cm³/mol. The van der Waals surface area contributed by atoms with Crippen LogP contribution in [0.25, 0.3) is 0 Å². The van der Waals surface area contributed by atoms with E-state index in [-0.39, 0.29) is 17.9 Å². The summed E-state index contributed by atoms with van der Waals surface area (Å²) in [5.41, 5.74) is 6.93. The predicted octanol–water partition coefficient (Wildman–Crippen LogP) is 8.35. The molecule has 2 heterocycles. The molecule has 2 aliphatic heterocycles. The number of alkyl carbamates (subject to hydrolysis) is 1. The number of carbonyl (C=O) groups is 2. The van der Waals surface area contributed by atoms with E-state index < -0.39 is 43.6 Å². The summed E-state index contributed by atoms with van der Waals surface area (Å²) in [6, 6.07) is 15.4. The lowest BCUT2D eigenvalue weighted by Crippen LogP contribution is -2.52. The molecule has 11 nitrogen and oxygen atoms in total. The second-order valence-electron chi connectivity index (χ2n) is 17.2. The first-order valence-electron chi connectivity index (χ1n) is 21.3. The van der Waals surface area contributed by atoms with E-state index in [2.05, 4.69) is 24.9 Å². The Bertz CT molecular complexity index is 1680. The molecular formula is C43H61F9N6O5. The van der Waals surface area contributed by atoms with Crippen LogP contribution in [0.4, 0.5) is 55.7 Å². The zero-order valence-corrected chi connectivity index (χ0v) is 36.0. The fraction of sp³-hybridized carbons (Fsp3) is 0.674. The maximum absolute atomic E-state index is 12.6. The van der Waals surface area contributed by atoms with Gasteiger partial charge in [0, 0.05) is 76.5 Å². The van der Waals surface area contributed by atoms with Crippen molar-refractivity contribution in [3.8, 4) is 11.5 Å². The first-order valence-corrected chi connectivity index (χ1v) is 21.3. The number of aldehydes is 1. The Morgan fingerprint density at radius 1 is 0.635 bits per heavy atom. The SMILES string of the molecule is CC(C)(C)OC(=O)NC1CCC(N2CCN(c3ccccc3OCC(F)(F)F)CC2)CC1.NC1CCC(N2CCN(c3ccccc3OCC(F)(F)F)CC2)CC1.O=CC(F)(F)F. The van der Waals surface area contributed by atoms with E-state index in [1.54, 1.807) is 24.3 Å². The molecule has 6 rings (SSSR count). The summed E-state index contributed by atoms with van der Waals surface area (Å²) in [7, 11) is 0. The number of rotatable bonds is 9. The van der Waals surface area contributed by atoms with Crippen molar-refractivity contribution in [2.45, 2.75) is 120 Å². The smallest absolute Gasteiger partial charge is 0.446 e. The van der Waals surface area contributed by atoms with Gasteiger partial charge in [-0.25, -0.2) is 4.79 Å². The van der Waals surface area contributed by atoms with Gasteiger partial charge in [0.05, 0.1) is 11.4 Å². The third-order valence-corrected chi connectivity index (χ3v) is 11.1. The maximum Gasteiger partial charge on any atom is 0.446 e. The van der Waals surface area contributed by atoms with Crippen LogP contribution in [-0.2, 0) is 9.53 Å². The fourth-order valence-corrected chi connectivity index (χ4v) is 8.18. The van der Waals surface area contributed by atoms with E-state index in [1.165, 1.54) is 0 Å². The largest absolute Gasteiger partial charge is 0.482 e. The molecule has 1 amide bonds. The van der Waals surface area contributed by atoms with Gasteiger partial charge in [0.15, 0.2) is 13.2 Å². The zero-order valence-electron chi connectivity index (χ0n) is 36.0. The monoisotopic (exact) mass is 912 g/mol. The van der Waals surface area contributed by atoms with Crippen LogP contribution >= 0.6 is 0 Å². The second-order valence-corrected chi connectivity index (χ2v) is 17.2. The quantitative estimate of drug-likeness (QED) is 0.188. The number of piperazine rings is 2. The number of nitrogens with one attached hydrogen (secondary N) is 1. The molecule has 4 aliphatic rings. The molecule has 2 saturated heterocycles. The Morgan fingerprint density at radius 3 is 1.35 bits per heavy atom. The third-order valence-electron chi connectivity index (χ3n) is 11.1. The number of ether oxygens (including phenoxy) is 3. The maximum atomic E-state index is 12.6. The number of nitrogens with two attached hydrogens (primary N) is 1. The minimum Gasteiger partial charge on any atom is -0.482 e. The number of carbonyl (C=O) groups excluding carboxylic acids is 2. The Labute approximate surface area is 363 Å². The van der Waals surface area contributed by atoms with Gasteiger partial charge in [-0.15, -0.1) is 0 Å². The molecular weight excluding hydrogens is 851 g/mol. The zero-order chi connectivity index (χ0) is 46.4. The molecule has 0 atom stereocenters. The molecule has 20 heteroatoms. The van der Waals surface area contributed by atoms with Gasteiger partial charge in [-0.1, -0.05) is 24.3 Å². The molecule has 4 fully saturated rings. The van der Waals surface area contributed by atoms with E-state index in [9.17, 15) is 44.3 Å². The summed E-state index contributed by atoms with van der Waals surface area (Å²) in [6.45, 7) is 9.63. The molecule has 63 heavy (non-hydrogen) atoms. The van der Waals surface area contributed by atoms with Crippen LogP contribution in [0.5, 0.6) is 11.5 Å². The van der Waals surface area contributed by atoms with Crippen molar-refractivity contribution >= 4 is 23.8 Å². The summed E-state index contributed by atoms with van der Waals surface area (Å²) in [6.07, 6.45) is -6.45. The standard InChI is InChI=1S/C23H34F3N3O3.C18H26F3N3O.C2HF3O/c1-22(2,3)32-21(30)27-17-8-10-18(11-9-17)28-12-14-29(15-13-28)19-6-4-5-7-20(19)31-16-23(24,25)26;19-18(20,21)13-25-17-4-2-1-3-16(17)24-11-9-23(10-12-24)15-7-5-14(22)6-8-15;3-2(4,5)1-6/h4-7,17-18H,8-16H2,1-3H3,(H,27,30);1-4,14-15H,5-13,22H2;1H. The summed E-state index contributed by atoms with van der Waals surface area (Å²) >= 11 is 0.